The summed E-state index contributed by atoms with van der Waals surface area (Å²) in [7, 11) is 2.38. The molecular weight excluding hydrogens is 416 g/mol. The molecule has 6 atom stereocenters. The number of carbonyl (C=O) groups excluding carboxylic acids is 2. The normalized spacial score (nSPS) is 42.9. The molecule has 0 radical (unpaired) electrons. The third kappa shape index (κ3) is 1.65. The van der Waals surface area contributed by atoms with Crippen molar-refractivity contribution >= 4 is 17.7 Å². The Kier molecular flexibility index (Phi) is 3.65. The average molecular weight is 442 g/mol. The number of hydrogen-bond donors (Lipinski definition) is 3. The van der Waals surface area contributed by atoms with Crippen molar-refractivity contribution < 1.29 is 34.4 Å². The van der Waals surface area contributed by atoms with Crippen LogP contribution in [0, 0.1) is 5.41 Å². The molecule has 0 unspecified atom stereocenters. The Bertz CT molecular complexity index is 1090. The van der Waals surface area contributed by atoms with Crippen LogP contribution in [0.1, 0.15) is 24.8 Å². The molecule has 3 saturated carbocycles. The lowest BCUT2D eigenvalue weighted by Gasteiger charge is -2.72. The van der Waals surface area contributed by atoms with Crippen molar-refractivity contribution in [2.24, 2.45) is 5.41 Å². The van der Waals surface area contributed by atoms with Crippen molar-refractivity contribution in [1.29, 1.82) is 0 Å². The zero-order chi connectivity index (χ0) is 22.7. The highest BCUT2D eigenvalue weighted by molar-refractivity contribution is 6.01. The fourth-order valence-electron chi connectivity index (χ4n) is 8.27. The number of anilines is 1. The molecule has 4 fully saturated rings. The molecule has 3 aliphatic heterocycles. The molecule has 32 heavy (non-hydrogen) atoms. The monoisotopic (exact) mass is 442 g/mol. The quantitative estimate of drug-likeness (QED) is 0.429. The number of aromatic hydroxyl groups is 1. The number of methoxy groups -OCH3 is 2. The molecule has 1 amide bonds. The number of esters is 1. The molecule has 9 nitrogen and oxygen atoms in total. The van der Waals surface area contributed by atoms with E-state index in [1.54, 1.807) is 6.07 Å². The topological polar surface area (TPSA) is 120 Å². The van der Waals surface area contributed by atoms with Gasteiger partial charge in [0.1, 0.15) is 17.4 Å². The van der Waals surface area contributed by atoms with E-state index in [-0.39, 0.29) is 23.9 Å². The first-order valence-corrected chi connectivity index (χ1v) is 10.9. The summed E-state index contributed by atoms with van der Waals surface area (Å²) in [6, 6.07) is 4.76. The molecule has 3 heterocycles. The largest absolute Gasteiger partial charge is 0.506 e. The number of phenols is 1. The second-order valence-electron chi connectivity index (χ2n) is 9.63. The number of nitrogens with zero attached hydrogens (tertiary/aromatic N) is 2. The zero-order valence-electron chi connectivity index (χ0n) is 17.9. The molecule has 9 heteroatoms. The summed E-state index contributed by atoms with van der Waals surface area (Å²) in [6.45, 7) is 1.33. The maximum atomic E-state index is 13.4. The van der Waals surface area contributed by atoms with Gasteiger partial charge in [0.15, 0.2) is 0 Å². The van der Waals surface area contributed by atoms with Crippen LogP contribution in [0.25, 0.3) is 0 Å². The summed E-state index contributed by atoms with van der Waals surface area (Å²) in [5, 5.41) is 35.0. The van der Waals surface area contributed by atoms with E-state index in [4.69, 9.17) is 9.47 Å². The van der Waals surface area contributed by atoms with Gasteiger partial charge < -0.3 is 24.8 Å². The van der Waals surface area contributed by atoms with Crippen LogP contribution < -0.4 is 4.90 Å². The molecule has 1 aromatic carbocycles. The Hall–Kier alpha value is -2.62. The van der Waals surface area contributed by atoms with E-state index in [1.165, 1.54) is 18.1 Å². The lowest BCUT2D eigenvalue weighted by Crippen LogP contribution is -2.90. The van der Waals surface area contributed by atoms with E-state index in [1.807, 2.05) is 18.2 Å². The van der Waals surface area contributed by atoms with E-state index < -0.39 is 40.1 Å². The number of aliphatic hydroxyl groups excluding tert-OH is 1. The maximum Gasteiger partial charge on any atom is 0.414 e. The number of ether oxygens (including phenoxy) is 2. The van der Waals surface area contributed by atoms with Crippen molar-refractivity contribution in [3.63, 3.8) is 0 Å². The van der Waals surface area contributed by atoms with Crippen LogP contribution in [0.4, 0.5) is 10.5 Å². The summed E-state index contributed by atoms with van der Waals surface area (Å²) in [5.41, 5.74) is -4.94. The van der Waals surface area contributed by atoms with Gasteiger partial charge in [0.25, 0.3) is 0 Å². The number of benzene rings is 1. The summed E-state index contributed by atoms with van der Waals surface area (Å²) >= 11 is 0. The SMILES string of the molecule is COC(=O)N1c2c(O)cccc2[C@]23CCN4CC=C[C@@]5(CC[C@@]12[C@@](O)(C(=O)OC)[C@@H]5O)[C@@H]43. The minimum atomic E-state index is -2.44. The molecule has 2 bridgehead atoms. The Balaban J connectivity index is 1.79. The highest BCUT2D eigenvalue weighted by Crippen LogP contribution is 2.76. The Morgan fingerprint density at radius 3 is 2.66 bits per heavy atom. The molecule has 0 aromatic heterocycles. The first kappa shape index (κ1) is 20.0. The second kappa shape index (κ2) is 5.84. The number of carbonyl (C=O) groups is 2. The third-order valence-corrected chi connectivity index (χ3v) is 9.05. The van der Waals surface area contributed by atoms with Crippen LogP contribution in [-0.4, -0.2) is 82.9 Å². The number of rotatable bonds is 1. The smallest absolute Gasteiger partial charge is 0.414 e. The van der Waals surface area contributed by atoms with Crippen LogP contribution in [0.3, 0.4) is 0 Å². The number of phenolic OH excluding ortho intramolecular Hbond substituents is 1. The molecule has 6 aliphatic rings. The zero-order valence-corrected chi connectivity index (χ0v) is 17.9. The first-order chi connectivity index (χ1) is 15.3. The van der Waals surface area contributed by atoms with Crippen LogP contribution >= 0.6 is 0 Å². The number of aliphatic hydroxyl groups is 2. The van der Waals surface area contributed by atoms with Gasteiger partial charge in [-0.3, -0.25) is 9.80 Å². The fourth-order valence-corrected chi connectivity index (χ4v) is 8.27. The second-order valence-corrected chi connectivity index (χ2v) is 9.63. The van der Waals surface area contributed by atoms with Gasteiger partial charge in [0.05, 0.1) is 19.9 Å². The third-order valence-electron chi connectivity index (χ3n) is 9.05. The highest BCUT2D eigenvalue weighted by Gasteiger charge is 2.89. The highest BCUT2D eigenvalue weighted by atomic mass is 16.6. The average Bonchev–Trinajstić information content (AvgIpc) is 3.33. The summed E-state index contributed by atoms with van der Waals surface area (Å²) in [5.74, 6) is -1.14. The predicted molar refractivity (Wildman–Crippen MR) is 111 cm³/mol. The lowest BCUT2D eigenvalue weighted by atomic mass is 9.37. The van der Waals surface area contributed by atoms with E-state index >= 15 is 0 Å². The summed E-state index contributed by atoms with van der Waals surface area (Å²) in [4.78, 5) is 30.2. The van der Waals surface area contributed by atoms with Gasteiger partial charge >= 0.3 is 12.1 Å². The van der Waals surface area contributed by atoms with Crippen LogP contribution in [0.15, 0.2) is 30.4 Å². The molecule has 1 aromatic rings. The minimum absolute atomic E-state index is 0.143. The Morgan fingerprint density at radius 1 is 1.16 bits per heavy atom. The maximum absolute atomic E-state index is 13.4. The van der Waals surface area contributed by atoms with Crippen LogP contribution in [0.5, 0.6) is 5.75 Å². The molecular formula is C23H26N2O7. The summed E-state index contributed by atoms with van der Waals surface area (Å²) < 4.78 is 10.2. The van der Waals surface area contributed by atoms with Gasteiger partial charge in [-0.2, -0.15) is 0 Å². The molecule has 3 N–H and O–H groups in total. The molecule has 3 aliphatic carbocycles. The van der Waals surface area contributed by atoms with Crippen molar-refractivity contribution in [2.45, 2.75) is 48.0 Å². The predicted octanol–water partition coefficient (Wildman–Crippen LogP) is 0.658. The van der Waals surface area contributed by atoms with Gasteiger partial charge in [-0.15, -0.1) is 0 Å². The van der Waals surface area contributed by atoms with E-state index in [0.717, 1.165) is 7.11 Å². The Morgan fingerprint density at radius 2 is 1.94 bits per heavy atom. The molecule has 170 valence electrons. The molecule has 1 saturated heterocycles. The fraction of sp³-hybridized carbons (Fsp3) is 0.565. The minimum Gasteiger partial charge on any atom is -0.506 e. The van der Waals surface area contributed by atoms with Crippen LogP contribution in [0.2, 0.25) is 0 Å². The standard InChI is InChI=1S/C23H26N2O7/c1-31-18(28)23(30)17(27)20-7-4-11-24-12-10-21(16(20)24)13-5-3-6-14(26)15(13)25(19(29)32-2)22(21,23)9-8-20/h3-7,16-17,26-27,30H,8-12H2,1-2H3/t16-,17-,20-,21+,22-,23+/m1/s1. The van der Waals surface area contributed by atoms with Crippen molar-refractivity contribution in [2.75, 3.05) is 32.2 Å². The molecule has 7 rings (SSSR count). The van der Waals surface area contributed by atoms with E-state index in [2.05, 4.69) is 4.90 Å². The van der Waals surface area contributed by atoms with Gasteiger partial charge in [0, 0.05) is 23.4 Å². The number of hydrogen-bond acceptors (Lipinski definition) is 8. The van der Waals surface area contributed by atoms with Crippen molar-refractivity contribution in [3.05, 3.63) is 35.9 Å². The number of amides is 1. The van der Waals surface area contributed by atoms with Gasteiger partial charge in [-0.1, -0.05) is 24.3 Å². The van der Waals surface area contributed by atoms with E-state index in [0.29, 0.717) is 31.5 Å². The van der Waals surface area contributed by atoms with Crippen molar-refractivity contribution in [1.82, 2.24) is 4.90 Å². The first-order valence-electron chi connectivity index (χ1n) is 10.9. The van der Waals surface area contributed by atoms with Crippen molar-refractivity contribution in [3.8, 4) is 5.75 Å². The van der Waals surface area contributed by atoms with Gasteiger partial charge in [-0.05, 0) is 37.4 Å². The van der Waals surface area contributed by atoms with Gasteiger partial charge in [-0.25, -0.2) is 9.59 Å². The summed E-state index contributed by atoms with van der Waals surface area (Å²) in [6.07, 6.45) is 2.81. The Labute approximate surface area is 184 Å². The van der Waals surface area contributed by atoms with E-state index in [9.17, 15) is 24.9 Å². The number of fused-ring (bicyclic) bond motifs is 3. The number of para-hydroxylation sites is 1. The van der Waals surface area contributed by atoms with Gasteiger partial charge in [0.2, 0.25) is 5.60 Å². The molecule has 3 spiro atoms. The van der Waals surface area contributed by atoms with Crippen LogP contribution in [-0.2, 0) is 19.7 Å². The lowest BCUT2D eigenvalue weighted by molar-refractivity contribution is -0.262.